The van der Waals surface area contributed by atoms with Gasteiger partial charge in [0.15, 0.2) is 0 Å². The van der Waals surface area contributed by atoms with Gasteiger partial charge in [-0.1, -0.05) is 50.3 Å². The number of alkyl carbamates (subject to hydrolysis) is 1. The van der Waals surface area contributed by atoms with Crippen molar-refractivity contribution in [2.45, 2.75) is 52.6 Å². The number of nitrogens with one attached hydrogen (secondary N) is 1. The smallest absolute Gasteiger partial charge is 0.407 e. The van der Waals surface area contributed by atoms with Crippen molar-refractivity contribution in [2.24, 2.45) is 0 Å². The van der Waals surface area contributed by atoms with Crippen molar-refractivity contribution < 1.29 is 9.53 Å². The van der Waals surface area contributed by atoms with E-state index in [9.17, 15) is 4.79 Å². The maximum absolute atomic E-state index is 11.5. The van der Waals surface area contributed by atoms with E-state index in [0.717, 1.165) is 6.42 Å². The largest absolute Gasteiger partial charge is 0.444 e. The topological polar surface area (TPSA) is 38.3 Å². The monoisotopic (exact) mass is 289 g/mol. The summed E-state index contributed by atoms with van der Waals surface area (Å²) in [5, 5.41) is 2.75. The minimum Gasteiger partial charge on any atom is -0.444 e. The van der Waals surface area contributed by atoms with Crippen LogP contribution < -0.4 is 5.32 Å². The molecule has 0 aromatic heterocycles. The van der Waals surface area contributed by atoms with Crippen LogP contribution in [0, 0.1) is 0 Å². The summed E-state index contributed by atoms with van der Waals surface area (Å²) < 4.78 is 5.18. The second-order valence-corrected chi connectivity index (χ2v) is 6.40. The molecule has 0 unspecified atom stereocenters. The molecule has 0 bridgehead atoms. The number of ether oxygens (including phenoxy) is 1. The molecule has 1 amide bonds. The number of carbonyl (C=O) groups excluding carboxylic acids is 1. The van der Waals surface area contributed by atoms with Gasteiger partial charge in [0.05, 0.1) is 0 Å². The summed E-state index contributed by atoms with van der Waals surface area (Å²) in [4.78, 5) is 11.5. The van der Waals surface area contributed by atoms with Crippen LogP contribution >= 0.6 is 0 Å². The van der Waals surface area contributed by atoms with Crippen molar-refractivity contribution in [3.63, 3.8) is 0 Å². The van der Waals surface area contributed by atoms with Crippen molar-refractivity contribution >= 4 is 12.2 Å². The summed E-state index contributed by atoms with van der Waals surface area (Å²) in [6, 6.07) is 8.39. The highest BCUT2D eigenvalue weighted by Crippen LogP contribution is 2.20. The molecule has 3 nitrogen and oxygen atoms in total. The molecule has 1 aromatic rings. The third-order valence-electron chi connectivity index (χ3n) is 2.89. The Balaban J connectivity index is 2.41. The predicted octanol–water partition coefficient (Wildman–Crippen LogP) is 4.74. The summed E-state index contributed by atoms with van der Waals surface area (Å²) in [6.07, 6.45) is 4.62. The molecule has 0 saturated heterocycles. The number of hydrogen-bond donors (Lipinski definition) is 1. The summed E-state index contributed by atoms with van der Waals surface area (Å²) in [5.74, 6) is 0.505. The number of carbonyl (C=O) groups is 1. The van der Waals surface area contributed by atoms with Gasteiger partial charge >= 0.3 is 6.09 Å². The quantitative estimate of drug-likeness (QED) is 0.795. The molecule has 3 heteroatoms. The Morgan fingerprint density at radius 2 is 1.95 bits per heavy atom. The minimum atomic E-state index is -0.448. The fraction of sp³-hybridized carbons (Fsp3) is 0.500. The average molecular weight is 289 g/mol. The molecule has 0 saturated carbocycles. The van der Waals surface area contributed by atoms with Crippen molar-refractivity contribution in [3.8, 4) is 0 Å². The van der Waals surface area contributed by atoms with Crippen molar-refractivity contribution in [1.82, 2.24) is 5.32 Å². The van der Waals surface area contributed by atoms with Gasteiger partial charge in [-0.3, -0.25) is 0 Å². The molecule has 0 radical (unpaired) electrons. The molecule has 0 atom stereocenters. The zero-order valence-electron chi connectivity index (χ0n) is 13.8. The van der Waals surface area contributed by atoms with Crippen LogP contribution in [-0.4, -0.2) is 18.2 Å². The van der Waals surface area contributed by atoms with Gasteiger partial charge in [0.2, 0.25) is 0 Å². The van der Waals surface area contributed by atoms with Gasteiger partial charge in [0, 0.05) is 6.54 Å². The van der Waals surface area contributed by atoms with E-state index in [0.29, 0.717) is 12.5 Å². The van der Waals surface area contributed by atoms with Crippen LogP contribution in [0.5, 0.6) is 0 Å². The molecule has 0 heterocycles. The first-order valence-corrected chi connectivity index (χ1v) is 7.52. The van der Waals surface area contributed by atoms with Gasteiger partial charge < -0.3 is 10.1 Å². The highest BCUT2D eigenvalue weighted by atomic mass is 16.6. The Morgan fingerprint density at radius 1 is 1.29 bits per heavy atom. The summed E-state index contributed by atoms with van der Waals surface area (Å²) >= 11 is 0. The minimum absolute atomic E-state index is 0.363. The first kappa shape index (κ1) is 17.3. The Bertz CT molecular complexity index is 484. The van der Waals surface area contributed by atoms with Crippen molar-refractivity contribution in [3.05, 3.63) is 41.5 Å². The van der Waals surface area contributed by atoms with E-state index in [-0.39, 0.29) is 6.09 Å². The fourth-order valence-corrected chi connectivity index (χ4v) is 1.97. The van der Waals surface area contributed by atoms with Gasteiger partial charge in [0.25, 0.3) is 0 Å². The third kappa shape index (κ3) is 6.98. The van der Waals surface area contributed by atoms with E-state index in [2.05, 4.69) is 49.5 Å². The van der Waals surface area contributed by atoms with Gasteiger partial charge in [-0.05, 0) is 44.2 Å². The Morgan fingerprint density at radius 3 is 2.57 bits per heavy atom. The number of rotatable bonds is 5. The average Bonchev–Trinajstić information content (AvgIpc) is 2.36. The van der Waals surface area contributed by atoms with E-state index < -0.39 is 5.60 Å². The SMILES string of the molecule is CC(C)c1ccccc1C=CCCNC(=O)OC(C)(C)C. The van der Waals surface area contributed by atoms with Gasteiger partial charge in [-0.15, -0.1) is 0 Å². The van der Waals surface area contributed by atoms with Crippen LogP contribution in [0.4, 0.5) is 4.79 Å². The lowest BCUT2D eigenvalue weighted by molar-refractivity contribution is 0.0529. The number of amides is 1. The Kier molecular flexibility index (Phi) is 6.47. The summed E-state index contributed by atoms with van der Waals surface area (Å²) in [5.41, 5.74) is 2.13. The van der Waals surface area contributed by atoms with Gasteiger partial charge in [-0.25, -0.2) is 4.79 Å². The molecule has 21 heavy (non-hydrogen) atoms. The van der Waals surface area contributed by atoms with E-state index in [4.69, 9.17) is 4.74 Å². The predicted molar refractivity (Wildman–Crippen MR) is 88.4 cm³/mol. The molecular formula is C18H27NO2. The maximum Gasteiger partial charge on any atom is 0.407 e. The molecule has 1 rings (SSSR count). The Hall–Kier alpha value is -1.77. The second kappa shape index (κ2) is 7.87. The molecule has 0 aliphatic heterocycles. The van der Waals surface area contributed by atoms with Crippen LogP contribution in [0.1, 0.15) is 58.1 Å². The lowest BCUT2D eigenvalue weighted by atomic mass is 9.97. The lowest BCUT2D eigenvalue weighted by Crippen LogP contribution is -2.32. The molecule has 0 aliphatic rings. The second-order valence-electron chi connectivity index (χ2n) is 6.40. The molecular weight excluding hydrogens is 262 g/mol. The number of benzene rings is 1. The van der Waals surface area contributed by atoms with Crippen LogP contribution in [-0.2, 0) is 4.74 Å². The van der Waals surface area contributed by atoms with Gasteiger partial charge in [0.1, 0.15) is 5.60 Å². The third-order valence-corrected chi connectivity index (χ3v) is 2.89. The van der Waals surface area contributed by atoms with Crippen LogP contribution in [0.25, 0.3) is 6.08 Å². The first-order chi connectivity index (χ1) is 9.79. The van der Waals surface area contributed by atoms with Crippen LogP contribution in [0.2, 0.25) is 0 Å². The highest BCUT2D eigenvalue weighted by molar-refractivity contribution is 5.67. The molecule has 0 fully saturated rings. The fourth-order valence-electron chi connectivity index (χ4n) is 1.97. The lowest BCUT2D eigenvalue weighted by Gasteiger charge is -2.19. The Labute approximate surface area is 128 Å². The van der Waals surface area contributed by atoms with Crippen molar-refractivity contribution in [2.75, 3.05) is 6.54 Å². The standard InChI is InChI=1S/C18H27NO2/c1-14(2)16-12-7-6-10-15(16)11-8-9-13-19-17(20)21-18(3,4)5/h6-8,10-12,14H,9,13H2,1-5H3,(H,19,20). The van der Waals surface area contributed by atoms with E-state index in [1.807, 2.05) is 26.8 Å². The van der Waals surface area contributed by atoms with Crippen molar-refractivity contribution in [1.29, 1.82) is 0 Å². The first-order valence-electron chi connectivity index (χ1n) is 7.52. The molecule has 0 spiro atoms. The summed E-state index contributed by atoms with van der Waals surface area (Å²) in [6.45, 7) is 10.5. The van der Waals surface area contributed by atoms with Gasteiger partial charge in [-0.2, -0.15) is 0 Å². The maximum atomic E-state index is 11.5. The molecule has 0 aliphatic carbocycles. The van der Waals surface area contributed by atoms with E-state index in [1.165, 1.54) is 11.1 Å². The van der Waals surface area contributed by atoms with E-state index >= 15 is 0 Å². The molecule has 1 N–H and O–H groups in total. The number of hydrogen-bond acceptors (Lipinski definition) is 2. The zero-order valence-corrected chi connectivity index (χ0v) is 13.8. The van der Waals surface area contributed by atoms with E-state index in [1.54, 1.807) is 0 Å². The molecule has 1 aromatic carbocycles. The highest BCUT2D eigenvalue weighted by Gasteiger charge is 2.15. The zero-order chi connectivity index (χ0) is 15.9. The normalized spacial score (nSPS) is 11.9. The van der Waals surface area contributed by atoms with Crippen LogP contribution in [0.15, 0.2) is 30.3 Å². The molecule has 116 valence electrons. The van der Waals surface area contributed by atoms with Crippen LogP contribution in [0.3, 0.4) is 0 Å². The summed E-state index contributed by atoms with van der Waals surface area (Å²) in [7, 11) is 0.